The molecule has 2 heterocycles. The van der Waals surface area contributed by atoms with Crippen LogP contribution in [0, 0.1) is 11.3 Å². The average Bonchev–Trinajstić information content (AvgIpc) is 3.09. The van der Waals surface area contributed by atoms with Crippen molar-refractivity contribution >= 4 is 17.6 Å². The molecule has 2 aliphatic heterocycles. The Balaban J connectivity index is 1.43. The zero-order chi connectivity index (χ0) is 21.7. The summed E-state index contributed by atoms with van der Waals surface area (Å²) in [5, 5.41) is 0. The second-order valence-corrected chi connectivity index (χ2v) is 8.91. The lowest BCUT2D eigenvalue weighted by Gasteiger charge is -2.36. The van der Waals surface area contributed by atoms with Gasteiger partial charge in [0.2, 0.25) is 0 Å². The van der Waals surface area contributed by atoms with Crippen LogP contribution in [0.1, 0.15) is 53.4 Å². The maximum atomic E-state index is 12.3. The van der Waals surface area contributed by atoms with Crippen molar-refractivity contribution in [2.24, 2.45) is 11.3 Å². The van der Waals surface area contributed by atoms with E-state index >= 15 is 0 Å². The molecule has 2 fully saturated rings. The molecule has 2 aliphatic rings. The van der Waals surface area contributed by atoms with E-state index in [-0.39, 0.29) is 29.4 Å². The summed E-state index contributed by atoms with van der Waals surface area (Å²) in [6, 6.07) is 7.77. The molecule has 0 bridgehead atoms. The molecule has 3 rings (SSSR count). The van der Waals surface area contributed by atoms with Crippen LogP contribution in [0.4, 0.5) is 5.69 Å². The van der Waals surface area contributed by atoms with Crippen LogP contribution in [0.5, 0.6) is 5.75 Å². The monoisotopic (exact) mass is 416 g/mol. The predicted molar refractivity (Wildman–Crippen MR) is 118 cm³/mol. The summed E-state index contributed by atoms with van der Waals surface area (Å²) in [4.78, 5) is 28.8. The number of carbonyl (C=O) groups is 2. The van der Waals surface area contributed by atoms with E-state index in [1.165, 1.54) is 0 Å². The third kappa shape index (κ3) is 5.15. The van der Waals surface area contributed by atoms with Gasteiger partial charge < -0.3 is 14.4 Å². The molecule has 1 aromatic rings. The Morgan fingerprint density at radius 3 is 2.30 bits per heavy atom. The number of anilines is 1. The molecule has 30 heavy (non-hydrogen) atoms. The van der Waals surface area contributed by atoms with E-state index in [1.807, 2.05) is 38.1 Å². The maximum Gasteiger partial charge on any atom is 0.313 e. The zero-order valence-electron chi connectivity index (χ0n) is 18.9. The third-order valence-electron chi connectivity index (χ3n) is 6.71. The summed E-state index contributed by atoms with van der Waals surface area (Å²) in [5.74, 6) is 0.257. The van der Waals surface area contributed by atoms with Crippen molar-refractivity contribution in [3.05, 3.63) is 24.3 Å². The van der Waals surface area contributed by atoms with Gasteiger partial charge in [0.25, 0.3) is 0 Å². The van der Waals surface area contributed by atoms with Crippen LogP contribution in [-0.4, -0.2) is 55.7 Å². The minimum Gasteiger partial charge on any atom is -0.462 e. The smallest absolute Gasteiger partial charge is 0.313 e. The van der Waals surface area contributed by atoms with Crippen molar-refractivity contribution in [3.63, 3.8) is 0 Å². The molecule has 1 unspecified atom stereocenters. The molecule has 0 saturated carbocycles. The van der Waals surface area contributed by atoms with Gasteiger partial charge >= 0.3 is 11.9 Å². The van der Waals surface area contributed by atoms with Crippen LogP contribution in [-0.2, 0) is 14.3 Å². The average molecular weight is 417 g/mol. The van der Waals surface area contributed by atoms with Gasteiger partial charge in [-0.05, 0) is 43.5 Å². The summed E-state index contributed by atoms with van der Waals surface area (Å²) in [6.07, 6.45) is 3.59. The molecule has 1 atom stereocenters. The largest absolute Gasteiger partial charge is 0.462 e. The van der Waals surface area contributed by atoms with Crippen molar-refractivity contribution < 1.29 is 19.1 Å². The van der Waals surface area contributed by atoms with Crippen molar-refractivity contribution in [1.82, 2.24) is 4.90 Å². The summed E-state index contributed by atoms with van der Waals surface area (Å²) >= 11 is 0. The number of ether oxygens (including phenoxy) is 2. The minimum absolute atomic E-state index is 0.00448. The van der Waals surface area contributed by atoms with Gasteiger partial charge in [0, 0.05) is 44.8 Å². The molecular formula is C24H36N2O4. The van der Waals surface area contributed by atoms with E-state index in [0.29, 0.717) is 5.75 Å². The summed E-state index contributed by atoms with van der Waals surface area (Å²) in [7, 11) is 0. The van der Waals surface area contributed by atoms with E-state index in [0.717, 1.165) is 64.1 Å². The van der Waals surface area contributed by atoms with E-state index < -0.39 is 0 Å². The van der Waals surface area contributed by atoms with Gasteiger partial charge in [-0.3, -0.25) is 14.5 Å². The number of rotatable bonds is 8. The Kier molecular flexibility index (Phi) is 7.40. The van der Waals surface area contributed by atoms with Crippen LogP contribution in [0.3, 0.4) is 0 Å². The first-order valence-corrected chi connectivity index (χ1v) is 11.4. The quantitative estimate of drug-likeness (QED) is 0.473. The van der Waals surface area contributed by atoms with Gasteiger partial charge in [0.15, 0.2) is 0 Å². The number of benzene rings is 1. The Morgan fingerprint density at radius 1 is 1.13 bits per heavy atom. The second kappa shape index (κ2) is 9.82. The summed E-state index contributed by atoms with van der Waals surface area (Å²) < 4.78 is 11.0. The minimum atomic E-state index is -0.251. The van der Waals surface area contributed by atoms with E-state index in [9.17, 15) is 9.59 Å². The van der Waals surface area contributed by atoms with E-state index in [1.54, 1.807) is 0 Å². The molecule has 0 radical (unpaired) electrons. The van der Waals surface area contributed by atoms with Crippen molar-refractivity contribution in [2.75, 3.05) is 37.6 Å². The van der Waals surface area contributed by atoms with Gasteiger partial charge in [-0.2, -0.15) is 0 Å². The lowest BCUT2D eigenvalue weighted by molar-refractivity contribution is -0.149. The number of carbonyl (C=O) groups excluding carboxylic acids is 2. The van der Waals surface area contributed by atoms with Gasteiger partial charge in [-0.25, -0.2) is 0 Å². The van der Waals surface area contributed by atoms with Crippen molar-refractivity contribution in [2.45, 2.75) is 59.5 Å². The lowest BCUT2D eigenvalue weighted by atomic mass is 9.79. The number of nitrogens with zero attached hydrogens (tertiary/aromatic N) is 2. The Hall–Kier alpha value is -2.08. The normalized spacial score (nSPS) is 21.7. The fourth-order valence-corrected chi connectivity index (χ4v) is 4.34. The van der Waals surface area contributed by atoms with Crippen molar-refractivity contribution in [3.8, 4) is 5.75 Å². The molecule has 6 heteroatoms. The maximum absolute atomic E-state index is 12.3. The standard InChI is InChI=1S/C24H36N2O4/c1-5-24(6-2)17-21(30-23(24)28)11-12-25-13-15-26(16-14-25)19-7-9-20(10-8-19)29-22(27)18(3)4/h7-10,18,21H,5-6,11-17H2,1-4H3. The molecule has 1 aromatic carbocycles. The Bertz CT molecular complexity index is 719. The van der Waals surface area contributed by atoms with Crippen LogP contribution in [0.15, 0.2) is 24.3 Å². The van der Waals surface area contributed by atoms with Crippen LogP contribution in [0.25, 0.3) is 0 Å². The lowest BCUT2D eigenvalue weighted by Crippen LogP contribution is -2.47. The highest BCUT2D eigenvalue weighted by Gasteiger charge is 2.46. The number of hydrogen-bond donors (Lipinski definition) is 0. The predicted octanol–water partition coefficient (Wildman–Crippen LogP) is 3.88. The van der Waals surface area contributed by atoms with Crippen molar-refractivity contribution in [1.29, 1.82) is 0 Å². The van der Waals surface area contributed by atoms with Gasteiger partial charge in [0.05, 0.1) is 11.3 Å². The molecule has 0 aromatic heterocycles. The molecule has 0 amide bonds. The first-order chi connectivity index (χ1) is 14.4. The fraction of sp³-hybridized carbons (Fsp3) is 0.667. The second-order valence-electron chi connectivity index (χ2n) is 8.91. The highest BCUT2D eigenvalue weighted by atomic mass is 16.6. The van der Waals surface area contributed by atoms with Crippen LogP contribution >= 0.6 is 0 Å². The highest BCUT2D eigenvalue weighted by Crippen LogP contribution is 2.41. The summed E-state index contributed by atoms with van der Waals surface area (Å²) in [5.41, 5.74) is 0.901. The molecular weight excluding hydrogens is 380 g/mol. The number of cyclic esters (lactones) is 1. The third-order valence-corrected chi connectivity index (χ3v) is 6.71. The zero-order valence-corrected chi connectivity index (χ0v) is 18.9. The summed E-state index contributed by atoms with van der Waals surface area (Å²) in [6.45, 7) is 12.7. The van der Waals surface area contributed by atoms with Gasteiger partial charge in [0.1, 0.15) is 11.9 Å². The number of piperazine rings is 1. The highest BCUT2D eigenvalue weighted by molar-refractivity contribution is 5.79. The fourth-order valence-electron chi connectivity index (χ4n) is 4.34. The Morgan fingerprint density at radius 2 is 1.77 bits per heavy atom. The van der Waals surface area contributed by atoms with Gasteiger partial charge in [-0.1, -0.05) is 27.7 Å². The van der Waals surface area contributed by atoms with Crippen LogP contribution < -0.4 is 9.64 Å². The number of esters is 2. The molecule has 2 saturated heterocycles. The molecule has 0 N–H and O–H groups in total. The topological polar surface area (TPSA) is 59.1 Å². The molecule has 166 valence electrons. The van der Waals surface area contributed by atoms with E-state index in [4.69, 9.17) is 9.47 Å². The first kappa shape index (κ1) is 22.6. The van der Waals surface area contributed by atoms with E-state index in [2.05, 4.69) is 23.6 Å². The van der Waals surface area contributed by atoms with Gasteiger partial charge in [-0.15, -0.1) is 0 Å². The number of hydrogen-bond acceptors (Lipinski definition) is 6. The van der Waals surface area contributed by atoms with Crippen LogP contribution in [0.2, 0.25) is 0 Å². The molecule has 0 aliphatic carbocycles. The Labute approximate surface area is 180 Å². The first-order valence-electron chi connectivity index (χ1n) is 11.4. The SMILES string of the molecule is CCC1(CC)CC(CCN2CCN(c3ccc(OC(=O)C(C)C)cc3)CC2)OC1=O. The molecule has 0 spiro atoms. The molecule has 6 nitrogen and oxygen atoms in total.